The molecule has 1 saturated carbocycles. The van der Waals surface area contributed by atoms with Crippen molar-refractivity contribution in [1.82, 2.24) is 5.43 Å². The first-order chi connectivity index (χ1) is 10.5. The Morgan fingerprint density at radius 1 is 1.41 bits per heavy atom. The Balaban J connectivity index is 1.97. The van der Waals surface area contributed by atoms with Gasteiger partial charge in [-0.2, -0.15) is 5.10 Å². The third-order valence-corrected chi connectivity index (χ3v) is 4.37. The quantitative estimate of drug-likeness (QED) is 0.420. The van der Waals surface area contributed by atoms with E-state index in [0.29, 0.717) is 12.4 Å². The lowest BCUT2D eigenvalue weighted by atomic mass is 9.81. The largest absolute Gasteiger partial charge is 0.487 e. The number of hydrogen-bond acceptors (Lipinski definition) is 3. The molecule has 1 amide bonds. The van der Waals surface area contributed by atoms with Gasteiger partial charge in [0.1, 0.15) is 12.4 Å². The van der Waals surface area contributed by atoms with E-state index in [4.69, 9.17) is 4.74 Å². The van der Waals surface area contributed by atoms with Gasteiger partial charge in [0.05, 0.1) is 15.2 Å². The second kappa shape index (κ2) is 7.74. The van der Waals surface area contributed by atoms with Crippen molar-refractivity contribution in [2.75, 3.05) is 6.61 Å². The van der Waals surface area contributed by atoms with Gasteiger partial charge in [0.2, 0.25) is 5.91 Å². The molecule has 0 bridgehead atoms. The number of nitrogens with one attached hydrogen (secondary N) is 1. The standard InChI is InChI=1S/C16H16Br2N2O2/c1-3-4-22-15-13(17)7-11(8-14(15)18)9-19-20-16(21)12-5-10(2)6-12/h3,7-9,12H,1-2,4-6H2,(H,20,21)/b19-9-. The average Bonchev–Trinajstić information content (AvgIpc) is 2.43. The molecule has 0 saturated heterocycles. The van der Waals surface area contributed by atoms with Gasteiger partial charge in [0, 0.05) is 5.92 Å². The number of carbonyl (C=O) groups is 1. The van der Waals surface area contributed by atoms with Crippen LogP contribution >= 0.6 is 31.9 Å². The Bertz CT molecular complexity index is 610. The molecule has 1 aliphatic carbocycles. The van der Waals surface area contributed by atoms with E-state index in [9.17, 15) is 4.79 Å². The minimum Gasteiger partial charge on any atom is -0.487 e. The summed E-state index contributed by atoms with van der Waals surface area (Å²) in [6.07, 6.45) is 4.79. The van der Waals surface area contributed by atoms with Crippen LogP contribution in [-0.4, -0.2) is 18.7 Å². The number of rotatable bonds is 6. The van der Waals surface area contributed by atoms with Crippen LogP contribution in [0.2, 0.25) is 0 Å². The summed E-state index contributed by atoms with van der Waals surface area (Å²) in [4.78, 5) is 11.8. The average molecular weight is 428 g/mol. The third-order valence-electron chi connectivity index (χ3n) is 3.20. The van der Waals surface area contributed by atoms with Gasteiger partial charge in [-0.3, -0.25) is 4.79 Å². The molecule has 0 unspecified atom stereocenters. The topological polar surface area (TPSA) is 50.7 Å². The second-order valence-electron chi connectivity index (χ2n) is 5.00. The normalized spacial score (nSPS) is 14.7. The van der Waals surface area contributed by atoms with E-state index >= 15 is 0 Å². The summed E-state index contributed by atoms with van der Waals surface area (Å²) in [5.74, 6) is 0.652. The van der Waals surface area contributed by atoms with Crippen molar-refractivity contribution >= 4 is 44.0 Å². The summed E-state index contributed by atoms with van der Waals surface area (Å²) in [6.45, 7) is 7.86. The molecule has 0 radical (unpaired) electrons. The Morgan fingerprint density at radius 3 is 2.59 bits per heavy atom. The van der Waals surface area contributed by atoms with Crippen LogP contribution < -0.4 is 10.2 Å². The molecule has 6 heteroatoms. The Hall–Kier alpha value is -1.40. The summed E-state index contributed by atoms with van der Waals surface area (Å²) in [7, 11) is 0. The molecule has 0 spiro atoms. The predicted octanol–water partition coefficient (Wildman–Crippen LogP) is 4.19. The highest BCUT2D eigenvalue weighted by atomic mass is 79.9. The SMILES string of the molecule is C=CCOc1c(Br)cc(/C=N\NC(=O)C2CC(=C)C2)cc1Br. The number of nitrogens with zero attached hydrogens (tertiary/aromatic N) is 1. The molecule has 116 valence electrons. The van der Waals surface area contributed by atoms with E-state index in [0.717, 1.165) is 32.9 Å². The maximum Gasteiger partial charge on any atom is 0.243 e. The second-order valence-corrected chi connectivity index (χ2v) is 6.71. The Labute approximate surface area is 146 Å². The number of carbonyl (C=O) groups excluding carboxylic acids is 1. The van der Waals surface area contributed by atoms with Gasteiger partial charge in [-0.15, -0.1) is 0 Å². The number of amides is 1. The maximum atomic E-state index is 11.8. The van der Waals surface area contributed by atoms with Crippen molar-refractivity contribution in [3.63, 3.8) is 0 Å². The molecule has 0 aromatic heterocycles. The minimum absolute atomic E-state index is 0.0119. The molecule has 1 fully saturated rings. The molecule has 0 atom stereocenters. The molecule has 1 aliphatic rings. The van der Waals surface area contributed by atoms with Crippen LogP contribution in [0.15, 0.2) is 51.0 Å². The maximum absolute atomic E-state index is 11.8. The van der Waals surface area contributed by atoms with Gasteiger partial charge in [0.25, 0.3) is 0 Å². The summed E-state index contributed by atoms with van der Waals surface area (Å²) < 4.78 is 7.14. The van der Waals surface area contributed by atoms with Crippen LogP contribution in [0.25, 0.3) is 0 Å². The van der Waals surface area contributed by atoms with Crippen LogP contribution in [0.4, 0.5) is 0 Å². The van der Waals surface area contributed by atoms with Gasteiger partial charge >= 0.3 is 0 Å². The molecule has 1 aromatic rings. The van der Waals surface area contributed by atoms with E-state index in [1.807, 2.05) is 12.1 Å². The Morgan fingerprint density at radius 2 is 2.05 bits per heavy atom. The highest BCUT2D eigenvalue weighted by Gasteiger charge is 2.28. The van der Waals surface area contributed by atoms with Crippen LogP contribution in [-0.2, 0) is 4.79 Å². The number of benzene rings is 1. The molecule has 2 rings (SSSR count). The van der Waals surface area contributed by atoms with Crippen LogP contribution in [0.3, 0.4) is 0 Å². The first kappa shape index (κ1) is 17.0. The van der Waals surface area contributed by atoms with Crippen LogP contribution in [0.5, 0.6) is 5.75 Å². The van der Waals surface area contributed by atoms with Gasteiger partial charge < -0.3 is 4.74 Å². The van der Waals surface area contributed by atoms with Crippen molar-refractivity contribution in [2.45, 2.75) is 12.8 Å². The smallest absolute Gasteiger partial charge is 0.243 e. The summed E-state index contributed by atoms with van der Waals surface area (Å²) in [5.41, 5.74) is 4.51. The molecule has 1 aromatic carbocycles. The fraction of sp³-hybridized carbons (Fsp3) is 0.250. The van der Waals surface area contributed by atoms with E-state index in [2.05, 4.69) is 55.5 Å². The molecule has 4 nitrogen and oxygen atoms in total. The van der Waals surface area contributed by atoms with Gasteiger partial charge in [-0.05, 0) is 62.4 Å². The number of halogens is 2. The summed E-state index contributed by atoms with van der Waals surface area (Å²) >= 11 is 6.90. The first-order valence-corrected chi connectivity index (χ1v) is 8.32. The zero-order chi connectivity index (χ0) is 16.1. The lowest BCUT2D eigenvalue weighted by molar-refractivity contribution is -0.126. The third kappa shape index (κ3) is 4.30. The molecule has 22 heavy (non-hydrogen) atoms. The molecule has 0 aliphatic heterocycles. The highest BCUT2D eigenvalue weighted by Crippen LogP contribution is 2.34. The van der Waals surface area contributed by atoms with Crippen LogP contribution in [0.1, 0.15) is 18.4 Å². The number of allylic oxidation sites excluding steroid dienone is 1. The zero-order valence-electron chi connectivity index (χ0n) is 11.9. The lowest BCUT2D eigenvalue weighted by Gasteiger charge is -2.25. The van der Waals surface area contributed by atoms with E-state index in [1.165, 1.54) is 0 Å². The van der Waals surface area contributed by atoms with Crippen molar-refractivity contribution in [3.05, 3.63) is 51.4 Å². The van der Waals surface area contributed by atoms with E-state index < -0.39 is 0 Å². The monoisotopic (exact) mass is 426 g/mol. The van der Waals surface area contributed by atoms with E-state index in [1.54, 1.807) is 12.3 Å². The molecule has 0 heterocycles. The fourth-order valence-corrected chi connectivity index (χ4v) is 3.47. The minimum atomic E-state index is -0.0623. The fourth-order valence-electron chi connectivity index (χ4n) is 2.02. The summed E-state index contributed by atoms with van der Waals surface area (Å²) in [5, 5.41) is 3.99. The van der Waals surface area contributed by atoms with Crippen molar-refractivity contribution in [1.29, 1.82) is 0 Å². The zero-order valence-corrected chi connectivity index (χ0v) is 15.1. The van der Waals surface area contributed by atoms with Crippen molar-refractivity contribution in [3.8, 4) is 5.75 Å². The number of ether oxygens (including phenoxy) is 1. The molecule has 1 N–H and O–H groups in total. The van der Waals surface area contributed by atoms with Gasteiger partial charge in [-0.25, -0.2) is 5.43 Å². The van der Waals surface area contributed by atoms with Crippen molar-refractivity contribution < 1.29 is 9.53 Å². The molecular weight excluding hydrogens is 412 g/mol. The lowest BCUT2D eigenvalue weighted by Crippen LogP contribution is -2.32. The van der Waals surface area contributed by atoms with Crippen molar-refractivity contribution in [2.24, 2.45) is 11.0 Å². The van der Waals surface area contributed by atoms with Crippen LogP contribution in [0, 0.1) is 5.92 Å². The highest BCUT2D eigenvalue weighted by molar-refractivity contribution is 9.11. The van der Waals surface area contributed by atoms with Gasteiger partial charge in [0.15, 0.2) is 0 Å². The van der Waals surface area contributed by atoms with Gasteiger partial charge in [-0.1, -0.05) is 24.8 Å². The van der Waals surface area contributed by atoms with E-state index in [-0.39, 0.29) is 11.8 Å². The predicted molar refractivity (Wildman–Crippen MR) is 95.1 cm³/mol. The molecular formula is C16H16Br2N2O2. The Kier molecular flexibility index (Phi) is 5.97. The number of hydrogen-bond donors (Lipinski definition) is 1. The number of hydrazone groups is 1. The first-order valence-electron chi connectivity index (χ1n) is 6.73. The summed E-state index contributed by atoms with van der Waals surface area (Å²) in [6, 6.07) is 3.73.